The van der Waals surface area contributed by atoms with E-state index in [2.05, 4.69) is 42.0 Å². The van der Waals surface area contributed by atoms with Crippen molar-refractivity contribution < 1.29 is 9.26 Å². The molecule has 0 saturated carbocycles. The molecule has 0 amide bonds. The molecule has 0 aliphatic carbocycles. The Kier molecular flexibility index (Phi) is 5.36. The van der Waals surface area contributed by atoms with Crippen LogP contribution < -0.4 is 4.74 Å². The molecule has 0 N–H and O–H groups in total. The molecular formula is C18H16Br2N2O2. The number of rotatable bonds is 5. The number of nitrogens with zero attached hydrogens (tertiary/aromatic N) is 2. The number of aromatic nitrogens is 2. The highest BCUT2D eigenvalue weighted by Gasteiger charge is 2.15. The minimum absolute atomic E-state index is 0.164. The van der Waals surface area contributed by atoms with Gasteiger partial charge in [-0.1, -0.05) is 23.4 Å². The van der Waals surface area contributed by atoms with Crippen LogP contribution in [0.3, 0.4) is 0 Å². The van der Waals surface area contributed by atoms with E-state index in [4.69, 9.17) is 9.26 Å². The predicted octanol–water partition coefficient (Wildman–Crippen LogP) is 5.64. The maximum absolute atomic E-state index is 5.65. The van der Waals surface area contributed by atoms with Crippen LogP contribution in [-0.4, -0.2) is 16.2 Å². The van der Waals surface area contributed by atoms with Gasteiger partial charge >= 0.3 is 0 Å². The smallest absolute Gasteiger partial charge is 0.231 e. The molecule has 0 aliphatic rings. The van der Waals surface area contributed by atoms with Gasteiger partial charge in [0, 0.05) is 8.95 Å². The van der Waals surface area contributed by atoms with Gasteiger partial charge in [-0.2, -0.15) is 4.98 Å². The SMILES string of the molecule is CC(C)Oc1ccc(Cc2nc(-c3c(Br)cccc3Br)no2)cc1. The van der Waals surface area contributed by atoms with E-state index in [1.54, 1.807) is 0 Å². The summed E-state index contributed by atoms with van der Waals surface area (Å²) in [5, 5.41) is 4.09. The van der Waals surface area contributed by atoms with Gasteiger partial charge in [0.15, 0.2) is 0 Å². The second kappa shape index (κ2) is 7.49. The fourth-order valence-corrected chi connectivity index (χ4v) is 3.63. The van der Waals surface area contributed by atoms with E-state index < -0.39 is 0 Å². The van der Waals surface area contributed by atoms with Crippen molar-refractivity contribution in [2.24, 2.45) is 0 Å². The topological polar surface area (TPSA) is 48.2 Å². The Hall–Kier alpha value is -1.66. The summed E-state index contributed by atoms with van der Waals surface area (Å²) in [6, 6.07) is 13.8. The van der Waals surface area contributed by atoms with Gasteiger partial charge in [-0.25, -0.2) is 0 Å². The summed E-state index contributed by atoms with van der Waals surface area (Å²) in [7, 11) is 0. The Balaban J connectivity index is 1.77. The minimum atomic E-state index is 0.164. The van der Waals surface area contributed by atoms with E-state index in [-0.39, 0.29) is 6.10 Å². The quantitative estimate of drug-likeness (QED) is 0.503. The number of benzene rings is 2. The first kappa shape index (κ1) is 17.2. The van der Waals surface area contributed by atoms with Gasteiger partial charge in [-0.3, -0.25) is 0 Å². The van der Waals surface area contributed by atoms with Crippen LogP contribution in [-0.2, 0) is 6.42 Å². The molecule has 0 atom stereocenters. The molecule has 6 heteroatoms. The van der Waals surface area contributed by atoms with Gasteiger partial charge < -0.3 is 9.26 Å². The van der Waals surface area contributed by atoms with Crippen molar-refractivity contribution in [1.29, 1.82) is 0 Å². The number of hydrogen-bond donors (Lipinski definition) is 0. The zero-order valence-electron chi connectivity index (χ0n) is 13.3. The molecule has 24 heavy (non-hydrogen) atoms. The third-order valence-corrected chi connectivity index (χ3v) is 4.63. The van der Waals surface area contributed by atoms with Crippen LogP contribution in [0.25, 0.3) is 11.4 Å². The first-order valence-corrected chi connectivity index (χ1v) is 9.14. The summed E-state index contributed by atoms with van der Waals surface area (Å²) in [6.45, 7) is 4.02. The summed E-state index contributed by atoms with van der Waals surface area (Å²) >= 11 is 7.04. The van der Waals surface area contributed by atoms with Crippen molar-refractivity contribution >= 4 is 31.9 Å². The Morgan fingerprint density at radius 2 is 1.71 bits per heavy atom. The van der Waals surface area contributed by atoms with Gasteiger partial charge in [0.05, 0.1) is 18.1 Å². The maximum atomic E-state index is 5.65. The van der Waals surface area contributed by atoms with E-state index in [0.29, 0.717) is 18.1 Å². The van der Waals surface area contributed by atoms with E-state index in [0.717, 1.165) is 25.8 Å². The second-order valence-electron chi connectivity index (χ2n) is 5.60. The molecule has 3 aromatic rings. The lowest BCUT2D eigenvalue weighted by Gasteiger charge is -2.09. The molecule has 4 nitrogen and oxygen atoms in total. The Labute approximate surface area is 157 Å². The van der Waals surface area contributed by atoms with E-state index in [1.165, 1.54) is 0 Å². The first-order valence-electron chi connectivity index (χ1n) is 7.55. The molecule has 3 rings (SSSR count). The Morgan fingerprint density at radius 3 is 2.33 bits per heavy atom. The third-order valence-electron chi connectivity index (χ3n) is 3.30. The molecule has 2 aromatic carbocycles. The Bertz CT molecular complexity index is 809. The fraction of sp³-hybridized carbons (Fsp3) is 0.222. The second-order valence-corrected chi connectivity index (χ2v) is 7.30. The van der Waals surface area contributed by atoms with Gasteiger partial charge in [-0.15, -0.1) is 0 Å². The standard InChI is InChI=1S/C18H16Br2N2O2/c1-11(2)23-13-8-6-12(7-9-13)10-16-21-18(22-24-16)17-14(19)4-3-5-15(17)20/h3-9,11H,10H2,1-2H3. The molecule has 0 bridgehead atoms. The Morgan fingerprint density at radius 1 is 1.04 bits per heavy atom. The lowest BCUT2D eigenvalue weighted by atomic mass is 10.1. The molecule has 0 unspecified atom stereocenters. The first-order chi connectivity index (χ1) is 11.5. The fourth-order valence-electron chi connectivity index (χ4n) is 2.27. The number of hydrogen-bond acceptors (Lipinski definition) is 4. The highest BCUT2D eigenvalue weighted by atomic mass is 79.9. The zero-order chi connectivity index (χ0) is 17.1. The molecule has 0 spiro atoms. The average Bonchev–Trinajstić information content (AvgIpc) is 2.97. The summed E-state index contributed by atoms with van der Waals surface area (Å²) in [5.41, 5.74) is 1.97. The van der Waals surface area contributed by atoms with Crippen molar-refractivity contribution in [1.82, 2.24) is 10.1 Å². The predicted molar refractivity (Wildman–Crippen MR) is 100 cm³/mol. The van der Waals surface area contributed by atoms with Crippen molar-refractivity contribution in [3.8, 4) is 17.1 Å². The molecule has 1 aromatic heterocycles. The van der Waals surface area contributed by atoms with Crippen molar-refractivity contribution in [2.75, 3.05) is 0 Å². The molecule has 0 fully saturated rings. The highest BCUT2D eigenvalue weighted by molar-refractivity contribution is 9.11. The van der Waals surface area contributed by atoms with Gasteiger partial charge in [-0.05, 0) is 75.5 Å². The summed E-state index contributed by atoms with van der Waals surface area (Å²) in [4.78, 5) is 4.50. The maximum Gasteiger partial charge on any atom is 0.231 e. The molecule has 0 saturated heterocycles. The van der Waals surface area contributed by atoms with Crippen molar-refractivity contribution in [3.05, 3.63) is 62.9 Å². The van der Waals surface area contributed by atoms with Crippen LogP contribution >= 0.6 is 31.9 Å². The van der Waals surface area contributed by atoms with Crippen LogP contribution in [0.15, 0.2) is 55.9 Å². The average molecular weight is 452 g/mol. The van der Waals surface area contributed by atoms with Gasteiger partial charge in [0.1, 0.15) is 5.75 Å². The van der Waals surface area contributed by atoms with Crippen molar-refractivity contribution in [2.45, 2.75) is 26.4 Å². The van der Waals surface area contributed by atoms with Crippen LogP contribution in [0.2, 0.25) is 0 Å². The molecule has 1 heterocycles. The molecule has 0 radical (unpaired) electrons. The summed E-state index contributed by atoms with van der Waals surface area (Å²) in [6.07, 6.45) is 0.744. The van der Waals surface area contributed by atoms with Crippen LogP contribution in [0.1, 0.15) is 25.3 Å². The number of ether oxygens (including phenoxy) is 1. The summed E-state index contributed by atoms with van der Waals surface area (Å²) in [5.74, 6) is 1.99. The van der Waals surface area contributed by atoms with Crippen LogP contribution in [0.4, 0.5) is 0 Å². The summed E-state index contributed by atoms with van der Waals surface area (Å²) < 4.78 is 12.9. The molecular weight excluding hydrogens is 436 g/mol. The van der Waals surface area contributed by atoms with Crippen LogP contribution in [0.5, 0.6) is 5.75 Å². The lowest BCUT2D eigenvalue weighted by molar-refractivity contribution is 0.242. The van der Waals surface area contributed by atoms with Crippen LogP contribution in [0, 0.1) is 0 Å². The van der Waals surface area contributed by atoms with E-state index in [1.807, 2.05) is 56.3 Å². The van der Waals surface area contributed by atoms with E-state index >= 15 is 0 Å². The number of halogens is 2. The van der Waals surface area contributed by atoms with Gasteiger partial charge in [0.2, 0.25) is 11.7 Å². The molecule has 124 valence electrons. The minimum Gasteiger partial charge on any atom is -0.491 e. The lowest BCUT2D eigenvalue weighted by Crippen LogP contribution is -2.05. The van der Waals surface area contributed by atoms with E-state index in [9.17, 15) is 0 Å². The monoisotopic (exact) mass is 450 g/mol. The van der Waals surface area contributed by atoms with Gasteiger partial charge in [0.25, 0.3) is 0 Å². The zero-order valence-corrected chi connectivity index (χ0v) is 16.5. The van der Waals surface area contributed by atoms with Crippen molar-refractivity contribution in [3.63, 3.8) is 0 Å². The molecule has 0 aliphatic heterocycles. The highest BCUT2D eigenvalue weighted by Crippen LogP contribution is 2.33. The largest absolute Gasteiger partial charge is 0.491 e. The normalized spacial score (nSPS) is 11.0. The third kappa shape index (κ3) is 4.05.